The van der Waals surface area contributed by atoms with Gasteiger partial charge in [0.15, 0.2) is 0 Å². The van der Waals surface area contributed by atoms with Gasteiger partial charge in [-0.3, -0.25) is 0 Å². The molecule has 1 saturated carbocycles. The third kappa shape index (κ3) is 4.26. The summed E-state index contributed by atoms with van der Waals surface area (Å²) in [6.07, 6.45) is 1.21. The molecule has 2 unspecified atom stereocenters. The lowest BCUT2D eigenvalue weighted by Gasteiger charge is -2.07. The van der Waals surface area contributed by atoms with Crippen LogP contribution in [-0.4, -0.2) is 21.5 Å². The third-order valence-electron chi connectivity index (χ3n) is 4.38. The van der Waals surface area contributed by atoms with E-state index in [2.05, 4.69) is 17.0 Å². The van der Waals surface area contributed by atoms with E-state index in [1.54, 1.807) is 24.3 Å². The minimum absolute atomic E-state index is 0.294. The Kier molecular flexibility index (Phi) is 5.08. The number of benzene rings is 1. The summed E-state index contributed by atoms with van der Waals surface area (Å²) in [6, 6.07) is 10.9. The van der Waals surface area contributed by atoms with E-state index in [1.165, 1.54) is 6.42 Å². The van der Waals surface area contributed by atoms with E-state index in [1.807, 2.05) is 19.1 Å². The predicted octanol–water partition coefficient (Wildman–Crippen LogP) is 2.78. The van der Waals surface area contributed by atoms with Crippen molar-refractivity contribution in [3.8, 4) is 0 Å². The van der Waals surface area contributed by atoms with Crippen LogP contribution in [0.2, 0.25) is 0 Å². The predicted molar refractivity (Wildman–Crippen MR) is 93.3 cm³/mol. The monoisotopic (exact) mass is 348 g/mol. The number of aryl methyl sites for hydroxylation is 1. The highest BCUT2D eigenvalue weighted by molar-refractivity contribution is 7.89. The van der Waals surface area contributed by atoms with Crippen molar-refractivity contribution in [1.29, 1.82) is 0 Å². The van der Waals surface area contributed by atoms with Gasteiger partial charge in [-0.1, -0.05) is 24.6 Å². The Bertz CT molecular complexity index is 781. The second kappa shape index (κ2) is 7.09. The zero-order valence-electron chi connectivity index (χ0n) is 14.1. The van der Waals surface area contributed by atoms with Crippen molar-refractivity contribution in [1.82, 2.24) is 10.0 Å². The van der Waals surface area contributed by atoms with Gasteiger partial charge in [0.05, 0.1) is 11.4 Å². The van der Waals surface area contributed by atoms with Crippen LogP contribution in [0.15, 0.2) is 45.7 Å². The van der Waals surface area contributed by atoms with Crippen LogP contribution in [-0.2, 0) is 16.6 Å². The molecule has 2 atom stereocenters. The summed E-state index contributed by atoms with van der Waals surface area (Å²) in [4.78, 5) is 0.294. The summed E-state index contributed by atoms with van der Waals surface area (Å²) >= 11 is 0. The Morgan fingerprint density at radius 3 is 2.50 bits per heavy atom. The molecule has 0 saturated heterocycles. The van der Waals surface area contributed by atoms with Gasteiger partial charge in [-0.2, -0.15) is 0 Å². The first-order valence-electron chi connectivity index (χ1n) is 8.31. The summed E-state index contributed by atoms with van der Waals surface area (Å²) in [7, 11) is -3.44. The maximum absolute atomic E-state index is 12.1. The summed E-state index contributed by atoms with van der Waals surface area (Å²) in [6.45, 7) is 5.64. The van der Waals surface area contributed by atoms with Crippen molar-refractivity contribution < 1.29 is 12.8 Å². The van der Waals surface area contributed by atoms with E-state index < -0.39 is 10.0 Å². The molecule has 1 aromatic heterocycles. The van der Waals surface area contributed by atoms with Gasteiger partial charge in [0, 0.05) is 19.0 Å². The Morgan fingerprint density at radius 2 is 1.83 bits per heavy atom. The molecule has 0 aliphatic heterocycles. The minimum Gasteiger partial charge on any atom is -0.464 e. The summed E-state index contributed by atoms with van der Waals surface area (Å²) in [5.74, 6) is 3.28. The van der Waals surface area contributed by atoms with Crippen LogP contribution in [0, 0.1) is 12.8 Å². The molecule has 5 nitrogen and oxygen atoms in total. The van der Waals surface area contributed by atoms with Gasteiger partial charge in [-0.05, 0) is 43.5 Å². The van der Waals surface area contributed by atoms with Crippen molar-refractivity contribution in [3.05, 3.63) is 53.5 Å². The number of hydrogen-bond acceptors (Lipinski definition) is 4. The molecule has 0 radical (unpaired) electrons. The van der Waals surface area contributed by atoms with Gasteiger partial charge < -0.3 is 9.73 Å². The first kappa shape index (κ1) is 17.2. The van der Waals surface area contributed by atoms with Crippen LogP contribution in [0.5, 0.6) is 0 Å². The number of rotatable bonds is 8. The number of hydrogen-bond donors (Lipinski definition) is 2. The summed E-state index contributed by atoms with van der Waals surface area (Å²) in [5, 5.41) is 3.20. The fourth-order valence-electron chi connectivity index (χ4n) is 2.69. The number of sulfonamides is 1. The van der Waals surface area contributed by atoms with E-state index in [0.29, 0.717) is 30.4 Å². The largest absolute Gasteiger partial charge is 0.464 e. The van der Waals surface area contributed by atoms with Gasteiger partial charge in [0.25, 0.3) is 0 Å². The Labute approximate surface area is 143 Å². The maximum Gasteiger partial charge on any atom is 0.240 e. The number of furan rings is 1. The molecule has 130 valence electrons. The molecule has 2 aromatic rings. The average molecular weight is 348 g/mol. The van der Waals surface area contributed by atoms with Crippen molar-refractivity contribution in [3.63, 3.8) is 0 Å². The molecule has 1 aromatic carbocycles. The highest BCUT2D eigenvalue weighted by atomic mass is 32.2. The van der Waals surface area contributed by atoms with E-state index in [-0.39, 0.29) is 0 Å². The SMILES string of the molecule is Cc1ccc(S(=O)(=O)NCCNCc2ccc(C3CC3C)o2)cc1. The van der Waals surface area contributed by atoms with Crippen molar-refractivity contribution in [2.75, 3.05) is 13.1 Å². The minimum atomic E-state index is -3.44. The quantitative estimate of drug-likeness (QED) is 0.720. The normalized spacial score (nSPS) is 20.2. The van der Waals surface area contributed by atoms with Crippen molar-refractivity contribution >= 4 is 10.0 Å². The van der Waals surface area contributed by atoms with Gasteiger partial charge in [-0.25, -0.2) is 13.1 Å². The van der Waals surface area contributed by atoms with Crippen LogP contribution >= 0.6 is 0 Å². The second-order valence-electron chi connectivity index (χ2n) is 6.51. The average Bonchev–Trinajstić information content (AvgIpc) is 3.09. The highest BCUT2D eigenvalue weighted by Gasteiger charge is 2.36. The van der Waals surface area contributed by atoms with Crippen LogP contribution in [0.4, 0.5) is 0 Å². The maximum atomic E-state index is 12.1. The van der Waals surface area contributed by atoms with Gasteiger partial charge in [0.2, 0.25) is 10.0 Å². The summed E-state index contributed by atoms with van der Waals surface area (Å²) < 4.78 is 32.7. The van der Waals surface area contributed by atoms with E-state index in [9.17, 15) is 8.42 Å². The smallest absolute Gasteiger partial charge is 0.240 e. The highest BCUT2D eigenvalue weighted by Crippen LogP contribution is 2.47. The van der Waals surface area contributed by atoms with Crippen LogP contribution in [0.25, 0.3) is 0 Å². The lowest BCUT2D eigenvalue weighted by Crippen LogP contribution is -2.31. The van der Waals surface area contributed by atoms with Crippen molar-refractivity contribution in [2.45, 2.75) is 37.6 Å². The lowest BCUT2D eigenvalue weighted by atomic mass is 10.2. The molecule has 1 aliphatic rings. The topological polar surface area (TPSA) is 71.3 Å². The van der Waals surface area contributed by atoms with E-state index >= 15 is 0 Å². The number of nitrogens with one attached hydrogen (secondary N) is 2. The molecule has 6 heteroatoms. The Hall–Kier alpha value is -1.63. The van der Waals surface area contributed by atoms with Gasteiger partial charge >= 0.3 is 0 Å². The van der Waals surface area contributed by atoms with Crippen LogP contribution in [0.1, 0.15) is 36.3 Å². The third-order valence-corrected chi connectivity index (χ3v) is 5.86. The summed E-state index contributed by atoms with van der Waals surface area (Å²) in [5.41, 5.74) is 1.04. The molecule has 1 aliphatic carbocycles. The molecular formula is C18H24N2O3S. The van der Waals surface area contributed by atoms with E-state index in [0.717, 1.165) is 23.0 Å². The first-order valence-corrected chi connectivity index (χ1v) is 9.80. The molecule has 0 spiro atoms. The molecular weight excluding hydrogens is 324 g/mol. The van der Waals surface area contributed by atoms with E-state index in [4.69, 9.17) is 4.42 Å². The zero-order chi connectivity index (χ0) is 17.2. The Morgan fingerprint density at radius 1 is 1.12 bits per heavy atom. The van der Waals surface area contributed by atoms with Gasteiger partial charge in [0.1, 0.15) is 11.5 Å². The first-order chi connectivity index (χ1) is 11.5. The fourth-order valence-corrected chi connectivity index (χ4v) is 3.73. The fraction of sp³-hybridized carbons (Fsp3) is 0.444. The lowest BCUT2D eigenvalue weighted by molar-refractivity contribution is 0.445. The van der Waals surface area contributed by atoms with Gasteiger partial charge in [-0.15, -0.1) is 0 Å². The van der Waals surface area contributed by atoms with Crippen LogP contribution < -0.4 is 10.0 Å². The standard InChI is InChI=1S/C18H24N2O3S/c1-13-3-6-16(7-4-13)24(21,22)20-10-9-19-12-15-5-8-18(23-15)17-11-14(17)2/h3-8,14,17,19-20H,9-12H2,1-2H3. The second-order valence-corrected chi connectivity index (χ2v) is 8.28. The molecule has 1 heterocycles. The van der Waals surface area contributed by atoms with Crippen LogP contribution in [0.3, 0.4) is 0 Å². The molecule has 24 heavy (non-hydrogen) atoms. The Balaban J connectivity index is 1.40. The molecule has 0 amide bonds. The molecule has 1 fully saturated rings. The molecule has 0 bridgehead atoms. The zero-order valence-corrected chi connectivity index (χ0v) is 14.9. The van der Waals surface area contributed by atoms with Crippen molar-refractivity contribution in [2.24, 2.45) is 5.92 Å². The molecule has 3 rings (SSSR count). The molecule has 2 N–H and O–H groups in total.